The molecule has 0 aliphatic rings. The molecule has 2 nitrogen and oxygen atoms in total. The third-order valence-corrected chi connectivity index (χ3v) is 3.41. The summed E-state index contributed by atoms with van der Waals surface area (Å²) in [6.45, 7) is 4.66. The minimum Gasteiger partial charge on any atom is -0.313 e. The summed E-state index contributed by atoms with van der Waals surface area (Å²) >= 11 is 6.25. The molecule has 0 radical (unpaired) electrons. The smallest absolute Gasteiger partial charge is 0.176 e. The monoisotopic (exact) mass is 253 g/mol. The summed E-state index contributed by atoms with van der Waals surface area (Å²) in [6.07, 6.45) is 2.14. The van der Waals surface area contributed by atoms with Crippen molar-refractivity contribution in [1.82, 2.24) is 5.32 Å². The van der Waals surface area contributed by atoms with Gasteiger partial charge in [0, 0.05) is 10.6 Å². The molecule has 0 aliphatic carbocycles. The Balaban J connectivity index is 2.97. The summed E-state index contributed by atoms with van der Waals surface area (Å²) in [5, 5.41) is 3.56. The van der Waals surface area contributed by atoms with Gasteiger partial charge in [0.2, 0.25) is 0 Å². The molecule has 0 amide bonds. The number of benzene rings is 1. The van der Waals surface area contributed by atoms with Gasteiger partial charge in [0.25, 0.3) is 0 Å². The minimum absolute atomic E-state index is 0.0745. The number of ketones is 1. The lowest BCUT2D eigenvalue weighted by atomic mass is 9.93. The van der Waals surface area contributed by atoms with E-state index in [-0.39, 0.29) is 5.78 Å². The first kappa shape index (κ1) is 14.2. The highest BCUT2D eigenvalue weighted by atomic mass is 35.5. The molecule has 1 N–H and O–H groups in total. The average molecular weight is 254 g/mol. The van der Waals surface area contributed by atoms with Crippen LogP contribution < -0.4 is 5.32 Å². The van der Waals surface area contributed by atoms with Crippen LogP contribution in [-0.4, -0.2) is 19.4 Å². The van der Waals surface area contributed by atoms with Gasteiger partial charge in [0.15, 0.2) is 5.78 Å². The van der Waals surface area contributed by atoms with Gasteiger partial charge in [-0.3, -0.25) is 4.79 Å². The van der Waals surface area contributed by atoms with E-state index in [1.54, 1.807) is 13.1 Å². The van der Waals surface area contributed by atoms with Crippen LogP contribution in [-0.2, 0) is 0 Å². The normalized spacial score (nSPS) is 10.9. The largest absolute Gasteiger partial charge is 0.313 e. The molecule has 17 heavy (non-hydrogen) atoms. The summed E-state index contributed by atoms with van der Waals surface area (Å²) in [4.78, 5) is 11.7. The van der Waals surface area contributed by atoms with Crippen molar-refractivity contribution in [2.45, 2.75) is 32.6 Å². The molecule has 0 bridgehead atoms. The SMILES string of the molecule is CCC(CC)c1ccc(C(=O)CNC)cc1Cl. The van der Waals surface area contributed by atoms with E-state index >= 15 is 0 Å². The van der Waals surface area contributed by atoms with Crippen molar-refractivity contribution >= 4 is 17.4 Å². The standard InChI is InChI=1S/C14H20ClNO/c1-4-10(5-2)12-7-6-11(8-13(12)15)14(17)9-16-3/h6-8,10,16H,4-5,9H2,1-3H3. The van der Waals surface area contributed by atoms with Crippen LogP contribution in [0.1, 0.15) is 48.5 Å². The predicted octanol–water partition coefficient (Wildman–Crippen LogP) is 3.65. The molecule has 0 saturated heterocycles. The Labute approximate surface area is 108 Å². The number of halogens is 1. The van der Waals surface area contributed by atoms with Crippen LogP contribution >= 0.6 is 11.6 Å². The zero-order valence-electron chi connectivity index (χ0n) is 10.7. The van der Waals surface area contributed by atoms with Gasteiger partial charge >= 0.3 is 0 Å². The fourth-order valence-corrected chi connectivity index (χ4v) is 2.36. The molecule has 1 aromatic rings. The van der Waals surface area contributed by atoms with Crippen LogP contribution in [0.15, 0.2) is 18.2 Å². The topological polar surface area (TPSA) is 29.1 Å². The molecule has 0 fully saturated rings. The van der Waals surface area contributed by atoms with Crippen LogP contribution in [0.3, 0.4) is 0 Å². The Morgan fingerprint density at radius 1 is 1.35 bits per heavy atom. The summed E-state index contributed by atoms with van der Waals surface area (Å²) in [7, 11) is 1.76. The lowest BCUT2D eigenvalue weighted by molar-refractivity contribution is 0.0993. The van der Waals surface area contributed by atoms with Crippen LogP contribution in [0.4, 0.5) is 0 Å². The van der Waals surface area contributed by atoms with E-state index in [1.807, 2.05) is 12.1 Å². The van der Waals surface area contributed by atoms with Crippen molar-refractivity contribution in [3.8, 4) is 0 Å². The second-order valence-electron chi connectivity index (χ2n) is 4.20. The maximum atomic E-state index is 11.7. The van der Waals surface area contributed by atoms with Crippen molar-refractivity contribution in [1.29, 1.82) is 0 Å². The number of hydrogen-bond donors (Lipinski definition) is 1. The highest BCUT2D eigenvalue weighted by molar-refractivity contribution is 6.31. The van der Waals surface area contributed by atoms with E-state index in [0.29, 0.717) is 23.0 Å². The fourth-order valence-electron chi connectivity index (χ4n) is 2.02. The van der Waals surface area contributed by atoms with E-state index in [4.69, 9.17) is 11.6 Å². The number of Topliss-reactive ketones (excluding diaryl/α,β-unsaturated/α-hetero) is 1. The second kappa shape index (κ2) is 6.77. The molecule has 0 aliphatic heterocycles. The summed E-state index contributed by atoms with van der Waals surface area (Å²) in [5.74, 6) is 0.557. The van der Waals surface area contributed by atoms with Crippen LogP contribution in [0.2, 0.25) is 5.02 Å². The minimum atomic E-state index is 0.0745. The van der Waals surface area contributed by atoms with Gasteiger partial charge < -0.3 is 5.32 Å². The number of rotatable bonds is 6. The lowest BCUT2D eigenvalue weighted by Gasteiger charge is -2.15. The van der Waals surface area contributed by atoms with Crippen molar-refractivity contribution < 1.29 is 4.79 Å². The Kier molecular flexibility index (Phi) is 5.66. The third-order valence-electron chi connectivity index (χ3n) is 3.09. The van der Waals surface area contributed by atoms with Crippen molar-refractivity contribution in [2.75, 3.05) is 13.6 Å². The molecule has 0 heterocycles. The first-order valence-corrected chi connectivity index (χ1v) is 6.49. The van der Waals surface area contributed by atoms with Gasteiger partial charge in [-0.2, -0.15) is 0 Å². The zero-order valence-corrected chi connectivity index (χ0v) is 11.5. The highest BCUT2D eigenvalue weighted by Crippen LogP contribution is 2.30. The lowest BCUT2D eigenvalue weighted by Crippen LogP contribution is -2.18. The van der Waals surface area contributed by atoms with Crippen LogP contribution in [0, 0.1) is 0 Å². The first-order chi connectivity index (χ1) is 8.13. The Morgan fingerprint density at radius 3 is 2.47 bits per heavy atom. The first-order valence-electron chi connectivity index (χ1n) is 6.11. The maximum Gasteiger partial charge on any atom is 0.176 e. The van der Waals surface area contributed by atoms with Gasteiger partial charge in [-0.25, -0.2) is 0 Å². The zero-order chi connectivity index (χ0) is 12.8. The quantitative estimate of drug-likeness (QED) is 0.785. The number of likely N-dealkylation sites (N-methyl/N-ethyl adjacent to an activating group) is 1. The summed E-state index contributed by atoms with van der Waals surface area (Å²) in [5.41, 5.74) is 1.83. The molecule has 94 valence electrons. The summed E-state index contributed by atoms with van der Waals surface area (Å²) in [6, 6.07) is 5.65. The number of nitrogens with one attached hydrogen (secondary N) is 1. The molecule has 1 rings (SSSR count). The predicted molar refractivity (Wildman–Crippen MR) is 73.0 cm³/mol. The average Bonchev–Trinajstić information content (AvgIpc) is 2.32. The molecule has 0 unspecified atom stereocenters. The molecular formula is C14H20ClNO. The molecule has 0 spiro atoms. The van der Waals surface area contributed by atoms with Crippen molar-refractivity contribution in [2.24, 2.45) is 0 Å². The van der Waals surface area contributed by atoms with Crippen LogP contribution in [0.5, 0.6) is 0 Å². The van der Waals surface area contributed by atoms with E-state index in [1.165, 1.54) is 0 Å². The van der Waals surface area contributed by atoms with Crippen LogP contribution in [0.25, 0.3) is 0 Å². The Hall–Kier alpha value is -0.860. The van der Waals surface area contributed by atoms with E-state index in [9.17, 15) is 4.79 Å². The van der Waals surface area contributed by atoms with Gasteiger partial charge in [-0.1, -0.05) is 37.6 Å². The van der Waals surface area contributed by atoms with Gasteiger partial charge in [0.1, 0.15) is 0 Å². The third kappa shape index (κ3) is 3.55. The molecule has 0 aromatic heterocycles. The Bertz CT molecular complexity index is 386. The van der Waals surface area contributed by atoms with Gasteiger partial charge in [0.05, 0.1) is 6.54 Å². The number of hydrogen-bond acceptors (Lipinski definition) is 2. The van der Waals surface area contributed by atoms with Crippen molar-refractivity contribution in [3.63, 3.8) is 0 Å². The van der Waals surface area contributed by atoms with Gasteiger partial charge in [-0.15, -0.1) is 0 Å². The molecule has 3 heteroatoms. The second-order valence-corrected chi connectivity index (χ2v) is 4.61. The molecular weight excluding hydrogens is 234 g/mol. The van der Waals surface area contributed by atoms with Crippen molar-refractivity contribution in [3.05, 3.63) is 34.3 Å². The Morgan fingerprint density at radius 2 is 2.00 bits per heavy atom. The van der Waals surface area contributed by atoms with E-state index < -0.39 is 0 Å². The molecule has 0 saturated carbocycles. The maximum absolute atomic E-state index is 11.7. The van der Waals surface area contributed by atoms with Gasteiger partial charge in [-0.05, 0) is 37.4 Å². The highest BCUT2D eigenvalue weighted by Gasteiger charge is 2.13. The van der Waals surface area contributed by atoms with E-state index in [0.717, 1.165) is 18.4 Å². The number of carbonyl (C=O) groups excluding carboxylic acids is 1. The number of carbonyl (C=O) groups is 1. The fraction of sp³-hybridized carbons (Fsp3) is 0.500. The van der Waals surface area contributed by atoms with E-state index in [2.05, 4.69) is 19.2 Å². The molecule has 1 aromatic carbocycles. The summed E-state index contributed by atoms with van der Waals surface area (Å²) < 4.78 is 0. The molecule has 0 atom stereocenters.